The summed E-state index contributed by atoms with van der Waals surface area (Å²) in [4.78, 5) is 2.29. The van der Waals surface area contributed by atoms with E-state index in [1.165, 1.54) is 0 Å². The maximum absolute atomic E-state index is 12.1. The van der Waals surface area contributed by atoms with Crippen LogP contribution in [0.2, 0.25) is 0 Å². The first kappa shape index (κ1) is 18.0. The summed E-state index contributed by atoms with van der Waals surface area (Å²) in [5, 5.41) is 0. The minimum absolute atomic E-state index is 0.103. The van der Waals surface area contributed by atoms with E-state index in [4.69, 9.17) is 18.0 Å². The van der Waals surface area contributed by atoms with Crippen LogP contribution in [0.3, 0.4) is 0 Å². The minimum atomic E-state index is -3.37. The van der Waals surface area contributed by atoms with Gasteiger partial charge in [0.25, 0.3) is 0 Å². The summed E-state index contributed by atoms with van der Waals surface area (Å²) in [7, 11) is 0.624. The first-order valence-electron chi connectivity index (χ1n) is 6.81. The molecule has 1 aromatic carbocycles. The van der Waals surface area contributed by atoms with Crippen LogP contribution in [0.1, 0.15) is 24.0 Å². The lowest BCUT2D eigenvalue weighted by atomic mass is 10.1. The quantitative estimate of drug-likeness (QED) is 0.524. The van der Waals surface area contributed by atoms with E-state index in [1.54, 1.807) is 24.3 Å². The van der Waals surface area contributed by atoms with Crippen LogP contribution in [-0.4, -0.2) is 45.5 Å². The molecule has 7 heteroatoms. The van der Waals surface area contributed by atoms with Gasteiger partial charge < -0.3 is 10.6 Å². The molecule has 5 nitrogen and oxygen atoms in total. The normalized spacial score (nSPS) is 11.8. The van der Waals surface area contributed by atoms with Crippen molar-refractivity contribution >= 4 is 27.2 Å². The van der Waals surface area contributed by atoms with Crippen LogP contribution in [0.25, 0.3) is 0 Å². The number of hydrogen-bond donors (Lipinski definition) is 2. The van der Waals surface area contributed by atoms with Crippen molar-refractivity contribution in [1.82, 2.24) is 9.62 Å². The number of nitrogens with zero attached hydrogens (tertiary/aromatic N) is 1. The van der Waals surface area contributed by atoms with Gasteiger partial charge in [-0.1, -0.05) is 36.5 Å². The van der Waals surface area contributed by atoms with E-state index >= 15 is 0 Å². The number of hydrogen-bond acceptors (Lipinski definition) is 4. The van der Waals surface area contributed by atoms with Crippen molar-refractivity contribution in [3.63, 3.8) is 0 Å². The number of sulfonamides is 1. The van der Waals surface area contributed by atoms with E-state index in [0.29, 0.717) is 17.7 Å². The van der Waals surface area contributed by atoms with Gasteiger partial charge >= 0.3 is 0 Å². The molecule has 0 bridgehead atoms. The molecule has 0 saturated carbocycles. The molecule has 3 N–H and O–H groups in total. The van der Waals surface area contributed by atoms with E-state index in [0.717, 1.165) is 19.4 Å². The zero-order valence-corrected chi connectivity index (χ0v) is 14.1. The summed E-state index contributed by atoms with van der Waals surface area (Å²) in [6.07, 6.45) is 1.77. The fourth-order valence-electron chi connectivity index (χ4n) is 1.92. The van der Waals surface area contributed by atoms with Gasteiger partial charge in [0.05, 0.1) is 5.75 Å². The van der Waals surface area contributed by atoms with Crippen molar-refractivity contribution in [2.45, 2.75) is 18.6 Å². The highest BCUT2D eigenvalue weighted by Crippen LogP contribution is 2.12. The summed E-state index contributed by atoms with van der Waals surface area (Å²) in [5.74, 6) is -0.103. The van der Waals surface area contributed by atoms with Gasteiger partial charge in [0.1, 0.15) is 4.99 Å². The van der Waals surface area contributed by atoms with Gasteiger partial charge in [0, 0.05) is 12.1 Å². The first-order valence-corrected chi connectivity index (χ1v) is 8.87. The fourth-order valence-corrected chi connectivity index (χ4v) is 3.34. The number of rotatable bonds is 9. The average Bonchev–Trinajstić information content (AvgIpc) is 2.37. The average molecular weight is 329 g/mol. The molecule has 0 heterocycles. The van der Waals surface area contributed by atoms with Gasteiger partial charge in [-0.15, -0.1) is 0 Å². The van der Waals surface area contributed by atoms with Crippen LogP contribution in [0.5, 0.6) is 0 Å². The van der Waals surface area contributed by atoms with E-state index in [-0.39, 0.29) is 10.7 Å². The Morgan fingerprint density at radius 3 is 2.57 bits per heavy atom. The van der Waals surface area contributed by atoms with E-state index in [2.05, 4.69) is 9.62 Å². The molecule has 0 spiro atoms. The zero-order chi connectivity index (χ0) is 15.9. The minimum Gasteiger partial charge on any atom is -0.389 e. The predicted octanol–water partition coefficient (Wildman–Crippen LogP) is 1.08. The molecule has 0 aliphatic carbocycles. The van der Waals surface area contributed by atoms with E-state index in [9.17, 15) is 8.42 Å². The lowest BCUT2D eigenvalue weighted by molar-refractivity contribution is 0.394. The lowest BCUT2D eigenvalue weighted by Gasteiger charge is -2.11. The number of unbranched alkanes of at least 4 members (excludes halogenated alkanes) is 1. The highest BCUT2D eigenvalue weighted by atomic mass is 32.2. The maximum atomic E-state index is 12.1. The Labute approximate surface area is 132 Å². The van der Waals surface area contributed by atoms with Crippen LogP contribution in [-0.2, 0) is 15.8 Å². The molecule has 0 radical (unpaired) electrons. The number of nitrogens with one attached hydrogen (secondary N) is 1. The van der Waals surface area contributed by atoms with Crippen molar-refractivity contribution in [3.05, 3.63) is 35.4 Å². The molecule has 118 valence electrons. The number of benzene rings is 1. The SMILES string of the molecule is CN(C)CCCCNS(=O)(=O)Cc1ccccc1C(N)=S. The Balaban J connectivity index is 2.55. The number of thiocarbonyl (C=S) groups is 1. The molecular weight excluding hydrogens is 306 g/mol. The van der Waals surface area contributed by atoms with Gasteiger partial charge in [0.2, 0.25) is 10.0 Å². The van der Waals surface area contributed by atoms with Gasteiger partial charge in [-0.25, -0.2) is 13.1 Å². The number of nitrogens with two attached hydrogens (primary N) is 1. The fraction of sp³-hybridized carbons (Fsp3) is 0.500. The van der Waals surface area contributed by atoms with Gasteiger partial charge in [0.15, 0.2) is 0 Å². The van der Waals surface area contributed by atoms with Gasteiger partial charge in [-0.2, -0.15) is 0 Å². The molecule has 0 unspecified atom stereocenters. The highest BCUT2D eigenvalue weighted by molar-refractivity contribution is 7.88. The van der Waals surface area contributed by atoms with Crippen molar-refractivity contribution in [1.29, 1.82) is 0 Å². The lowest BCUT2D eigenvalue weighted by Crippen LogP contribution is -2.27. The molecule has 0 saturated heterocycles. The summed E-state index contributed by atoms with van der Waals surface area (Å²) >= 11 is 4.94. The molecule has 0 fully saturated rings. The van der Waals surface area contributed by atoms with E-state index in [1.807, 2.05) is 14.1 Å². The summed E-state index contributed by atoms with van der Waals surface area (Å²) < 4.78 is 26.7. The summed E-state index contributed by atoms with van der Waals surface area (Å²) in [5.41, 5.74) is 6.86. The van der Waals surface area contributed by atoms with Crippen LogP contribution in [0.4, 0.5) is 0 Å². The Morgan fingerprint density at radius 2 is 1.95 bits per heavy atom. The van der Waals surface area contributed by atoms with Crippen molar-refractivity contribution < 1.29 is 8.42 Å². The third kappa shape index (κ3) is 6.99. The van der Waals surface area contributed by atoms with Crippen LogP contribution in [0, 0.1) is 0 Å². The van der Waals surface area contributed by atoms with Crippen molar-refractivity contribution in [3.8, 4) is 0 Å². The van der Waals surface area contributed by atoms with Gasteiger partial charge in [-0.05, 0) is 39.0 Å². The first-order chi connectivity index (χ1) is 9.82. The Kier molecular flexibility index (Phi) is 7.24. The van der Waals surface area contributed by atoms with Crippen molar-refractivity contribution in [2.24, 2.45) is 5.73 Å². The second-order valence-corrected chi connectivity index (χ2v) is 7.43. The monoisotopic (exact) mass is 329 g/mol. The molecular formula is C14H23N3O2S2. The molecule has 0 amide bonds. The van der Waals surface area contributed by atoms with Gasteiger partial charge in [-0.3, -0.25) is 0 Å². The molecule has 0 aliphatic heterocycles. The second kappa shape index (κ2) is 8.43. The molecule has 0 atom stereocenters. The molecule has 21 heavy (non-hydrogen) atoms. The smallest absolute Gasteiger partial charge is 0.215 e. The third-order valence-electron chi connectivity index (χ3n) is 2.98. The standard InChI is InChI=1S/C14H23N3O2S2/c1-17(2)10-6-5-9-16-21(18,19)11-12-7-3-4-8-13(12)14(15)20/h3-4,7-8,16H,5-6,9-11H2,1-2H3,(H2,15,20). The predicted molar refractivity (Wildman–Crippen MR) is 90.7 cm³/mol. The maximum Gasteiger partial charge on any atom is 0.215 e. The summed E-state index contributed by atoms with van der Waals surface area (Å²) in [6.45, 7) is 1.40. The van der Waals surface area contributed by atoms with Crippen molar-refractivity contribution in [2.75, 3.05) is 27.2 Å². The Hall–Kier alpha value is -1.02. The molecule has 0 aliphatic rings. The largest absolute Gasteiger partial charge is 0.389 e. The van der Waals surface area contributed by atoms with Crippen LogP contribution < -0.4 is 10.5 Å². The van der Waals surface area contributed by atoms with Crippen LogP contribution in [0.15, 0.2) is 24.3 Å². The highest BCUT2D eigenvalue weighted by Gasteiger charge is 2.14. The zero-order valence-electron chi connectivity index (χ0n) is 12.5. The second-order valence-electron chi connectivity index (χ2n) is 5.19. The third-order valence-corrected chi connectivity index (χ3v) is 4.54. The van der Waals surface area contributed by atoms with Crippen LogP contribution >= 0.6 is 12.2 Å². The Morgan fingerprint density at radius 1 is 1.29 bits per heavy atom. The van der Waals surface area contributed by atoms with E-state index < -0.39 is 10.0 Å². The topological polar surface area (TPSA) is 75.4 Å². The molecule has 1 aromatic rings. The summed E-state index contributed by atoms with van der Waals surface area (Å²) in [6, 6.07) is 7.05. The molecule has 0 aromatic heterocycles. The Bertz CT molecular complexity index is 571. The molecule has 1 rings (SSSR count).